The average molecular weight is 332 g/mol. The third-order valence-electron chi connectivity index (χ3n) is 3.01. The van der Waals surface area contributed by atoms with E-state index in [0.717, 1.165) is 12.8 Å². The fourth-order valence-electron chi connectivity index (χ4n) is 1.70. The lowest BCUT2D eigenvalue weighted by Gasteiger charge is -2.14. The minimum Gasteiger partial charge on any atom is -0.494 e. The first kappa shape index (κ1) is 15.9. The fraction of sp³-hybridized carbons (Fsp3) is 0.429. The summed E-state index contributed by atoms with van der Waals surface area (Å²) in [6.45, 7) is 1.52. The van der Waals surface area contributed by atoms with E-state index in [0.29, 0.717) is 0 Å². The molecule has 2 rings (SSSR count). The van der Waals surface area contributed by atoms with Crippen LogP contribution >= 0.6 is 23.2 Å². The maximum Gasteiger partial charge on any atom is 0.339 e. The van der Waals surface area contributed by atoms with Gasteiger partial charge in [-0.05, 0) is 31.9 Å². The van der Waals surface area contributed by atoms with Crippen molar-refractivity contribution < 1.29 is 19.1 Å². The largest absolute Gasteiger partial charge is 0.494 e. The molecule has 0 unspecified atom stereocenters. The summed E-state index contributed by atoms with van der Waals surface area (Å²) in [6, 6.07) is 2.99. The van der Waals surface area contributed by atoms with Crippen molar-refractivity contribution in [3.05, 3.63) is 27.7 Å². The van der Waals surface area contributed by atoms with E-state index in [1.165, 1.54) is 26.2 Å². The Balaban J connectivity index is 2.04. The smallest absolute Gasteiger partial charge is 0.339 e. The first-order valence-corrected chi connectivity index (χ1v) is 7.22. The van der Waals surface area contributed by atoms with Gasteiger partial charge in [-0.25, -0.2) is 4.79 Å². The van der Waals surface area contributed by atoms with E-state index in [-0.39, 0.29) is 33.3 Å². The fourth-order valence-corrected chi connectivity index (χ4v) is 2.34. The first-order valence-electron chi connectivity index (χ1n) is 6.46. The Bertz CT molecular complexity index is 549. The average Bonchev–Trinajstić information content (AvgIpc) is 3.22. The zero-order chi connectivity index (χ0) is 15.6. The first-order chi connectivity index (χ1) is 9.92. The van der Waals surface area contributed by atoms with Gasteiger partial charge in [0.1, 0.15) is 0 Å². The molecule has 0 aliphatic heterocycles. The Morgan fingerprint density at radius 2 is 1.86 bits per heavy atom. The lowest BCUT2D eigenvalue weighted by molar-refractivity contribution is -0.129. The van der Waals surface area contributed by atoms with Crippen molar-refractivity contribution in [2.45, 2.75) is 31.9 Å². The van der Waals surface area contributed by atoms with Crippen molar-refractivity contribution in [3.63, 3.8) is 0 Å². The molecule has 1 atom stereocenters. The Kier molecular flexibility index (Phi) is 4.96. The van der Waals surface area contributed by atoms with Crippen LogP contribution in [0.2, 0.25) is 10.0 Å². The number of carbonyl (C=O) groups is 2. The van der Waals surface area contributed by atoms with Crippen LogP contribution in [0.5, 0.6) is 5.75 Å². The lowest BCUT2D eigenvalue weighted by atomic mass is 10.2. The van der Waals surface area contributed by atoms with Crippen molar-refractivity contribution in [1.82, 2.24) is 5.32 Å². The monoisotopic (exact) mass is 331 g/mol. The predicted octanol–water partition coefficient (Wildman–Crippen LogP) is 2.83. The molecule has 1 aliphatic carbocycles. The van der Waals surface area contributed by atoms with Gasteiger partial charge in [-0.1, -0.05) is 23.2 Å². The summed E-state index contributed by atoms with van der Waals surface area (Å²) < 4.78 is 10.1. The number of hydrogen-bond acceptors (Lipinski definition) is 4. The van der Waals surface area contributed by atoms with Crippen molar-refractivity contribution in [2.75, 3.05) is 7.11 Å². The van der Waals surface area contributed by atoms with Gasteiger partial charge in [0.2, 0.25) is 0 Å². The van der Waals surface area contributed by atoms with E-state index in [2.05, 4.69) is 5.32 Å². The lowest BCUT2D eigenvalue weighted by Crippen LogP contribution is -2.37. The molecule has 0 bridgehead atoms. The molecule has 7 heteroatoms. The van der Waals surface area contributed by atoms with E-state index in [1.54, 1.807) is 0 Å². The summed E-state index contributed by atoms with van der Waals surface area (Å²) in [4.78, 5) is 23.7. The van der Waals surface area contributed by atoms with Crippen LogP contribution in [0.25, 0.3) is 0 Å². The molecule has 1 aromatic carbocycles. The number of benzene rings is 1. The molecular weight excluding hydrogens is 317 g/mol. The van der Waals surface area contributed by atoms with Gasteiger partial charge in [-0.15, -0.1) is 0 Å². The molecule has 0 heterocycles. The van der Waals surface area contributed by atoms with Gasteiger partial charge in [0.15, 0.2) is 11.9 Å². The molecule has 0 spiro atoms. The minimum atomic E-state index is -0.877. The summed E-state index contributed by atoms with van der Waals surface area (Å²) in [5.41, 5.74) is 0.164. The molecule has 1 saturated carbocycles. The number of amides is 1. The van der Waals surface area contributed by atoms with Crippen LogP contribution in [0, 0.1) is 0 Å². The highest BCUT2D eigenvalue weighted by Crippen LogP contribution is 2.34. The quantitative estimate of drug-likeness (QED) is 0.842. The van der Waals surface area contributed by atoms with Crippen LogP contribution < -0.4 is 10.1 Å². The molecule has 1 amide bonds. The van der Waals surface area contributed by atoms with Gasteiger partial charge in [-0.2, -0.15) is 0 Å². The van der Waals surface area contributed by atoms with E-state index >= 15 is 0 Å². The van der Waals surface area contributed by atoms with Gasteiger partial charge in [-0.3, -0.25) is 4.79 Å². The van der Waals surface area contributed by atoms with Gasteiger partial charge in [0, 0.05) is 6.04 Å². The van der Waals surface area contributed by atoms with Crippen LogP contribution in [0.4, 0.5) is 0 Å². The molecule has 1 aromatic rings. The molecule has 1 aliphatic rings. The van der Waals surface area contributed by atoms with Gasteiger partial charge >= 0.3 is 5.97 Å². The number of esters is 1. The van der Waals surface area contributed by atoms with Crippen LogP contribution in [0.1, 0.15) is 30.1 Å². The van der Waals surface area contributed by atoms with Crippen LogP contribution in [-0.4, -0.2) is 31.1 Å². The molecule has 114 valence electrons. The Morgan fingerprint density at radius 1 is 1.29 bits per heavy atom. The Hall–Kier alpha value is -1.46. The third kappa shape index (κ3) is 4.02. The molecule has 0 radical (unpaired) electrons. The molecular formula is C14H15Cl2NO4. The Morgan fingerprint density at radius 3 is 2.33 bits per heavy atom. The predicted molar refractivity (Wildman–Crippen MR) is 79.1 cm³/mol. The summed E-state index contributed by atoms with van der Waals surface area (Å²) in [6.07, 6.45) is 1.06. The summed E-state index contributed by atoms with van der Waals surface area (Å²) in [5.74, 6) is -0.689. The Labute approximate surface area is 132 Å². The highest BCUT2D eigenvalue weighted by Gasteiger charge is 2.27. The van der Waals surface area contributed by atoms with Gasteiger partial charge < -0.3 is 14.8 Å². The third-order valence-corrected chi connectivity index (χ3v) is 3.58. The molecule has 5 nitrogen and oxygen atoms in total. The topological polar surface area (TPSA) is 64.6 Å². The van der Waals surface area contributed by atoms with Crippen molar-refractivity contribution in [3.8, 4) is 5.75 Å². The summed E-state index contributed by atoms with van der Waals surface area (Å²) >= 11 is 11.9. The SMILES string of the molecule is COc1c(Cl)cc(C(=O)O[C@@H](C)C(=O)NC2CC2)cc1Cl. The number of halogens is 2. The molecule has 21 heavy (non-hydrogen) atoms. The summed E-state index contributed by atoms with van der Waals surface area (Å²) in [7, 11) is 1.43. The van der Waals surface area contributed by atoms with E-state index in [4.69, 9.17) is 32.7 Å². The zero-order valence-electron chi connectivity index (χ0n) is 11.6. The molecule has 1 N–H and O–H groups in total. The number of ether oxygens (including phenoxy) is 2. The molecule has 0 aromatic heterocycles. The maximum atomic E-state index is 12.0. The standard InChI is InChI=1S/C14H15Cl2NO4/c1-7(13(18)17-9-3-4-9)21-14(19)8-5-10(15)12(20-2)11(16)6-8/h5-7,9H,3-4H2,1-2H3,(H,17,18)/t7-/m0/s1. The number of methoxy groups -OCH3 is 1. The number of carbonyl (C=O) groups excluding carboxylic acids is 2. The second kappa shape index (κ2) is 6.54. The van der Waals surface area contributed by atoms with Crippen molar-refractivity contribution >= 4 is 35.1 Å². The second-order valence-corrected chi connectivity index (χ2v) is 5.62. The number of hydrogen-bond donors (Lipinski definition) is 1. The summed E-state index contributed by atoms with van der Waals surface area (Å²) in [5, 5.41) is 3.17. The van der Waals surface area contributed by atoms with E-state index in [1.807, 2.05) is 0 Å². The highest BCUT2D eigenvalue weighted by molar-refractivity contribution is 6.37. The van der Waals surface area contributed by atoms with Gasteiger partial charge in [0.05, 0.1) is 22.7 Å². The highest BCUT2D eigenvalue weighted by atomic mass is 35.5. The van der Waals surface area contributed by atoms with Crippen LogP contribution in [0.15, 0.2) is 12.1 Å². The molecule has 1 fully saturated rings. The van der Waals surface area contributed by atoms with Crippen LogP contribution in [-0.2, 0) is 9.53 Å². The van der Waals surface area contributed by atoms with Crippen molar-refractivity contribution in [2.24, 2.45) is 0 Å². The normalized spacial score (nSPS) is 15.2. The number of rotatable bonds is 5. The number of nitrogens with one attached hydrogen (secondary N) is 1. The zero-order valence-corrected chi connectivity index (χ0v) is 13.1. The molecule has 0 saturated heterocycles. The van der Waals surface area contributed by atoms with Crippen LogP contribution in [0.3, 0.4) is 0 Å². The van der Waals surface area contributed by atoms with Gasteiger partial charge in [0.25, 0.3) is 5.91 Å². The van der Waals surface area contributed by atoms with E-state index < -0.39 is 12.1 Å². The minimum absolute atomic E-state index is 0.164. The van der Waals surface area contributed by atoms with E-state index in [9.17, 15) is 9.59 Å². The maximum absolute atomic E-state index is 12.0. The van der Waals surface area contributed by atoms with Crippen molar-refractivity contribution in [1.29, 1.82) is 0 Å². The second-order valence-electron chi connectivity index (χ2n) is 4.80.